The van der Waals surface area contributed by atoms with Gasteiger partial charge in [-0.25, -0.2) is 4.98 Å². The summed E-state index contributed by atoms with van der Waals surface area (Å²) in [6, 6.07) is 8.24. The fraction of sp³-hybridized carbons (Fsp3) is 0.188. The number of phenols is 1. The normalized spacial score (nSPS) is 11.0. The Balaban J connectivity index is 2.07. The molecule has 0 saturated carbocycles. The van der Waals surface area contributed by atoms with Crippen LogP contribution in [0.5, 0.6) is 5.75 Å². The molecule has 6 heteroatoms. The standard InChI is InChI=1S/C16H15N3O2S/c1-10-11(2)22-15(19-10)9-18-16(21)13(8-17)6-12-4-3-5-14(20)7-12/h3-7,20H,9H2,1-2H3,(H,18,21)/b13-6+. The SMILES string of the molecule is Cc1nc(CNC(=O)/C(C#N)=C/c2cccc(O)c2)sc1C. The van der Waals surface area contributed by atoms with E-state index in [-0.39, 0.29) is 17.9 Å². The lowest BCUT2D eigenvalue weighted by Crippen LogP contribution is -2.23. The Morgan fingerprint density at radius 2 is 2.27 bits per heavy atom. The molecule has 0 radical (unpaired) electrons. The van der Waals surface area contributed by atoms with Gasteiger partial charge in [0, 0.05) is 4.88 Å². The van der Waals surface area contributed by atoms with Crippen LogP contribution in [0, 0.1) is 25.2 Å². The second-order valence-corrected chi connectivity index (χ2v) is 5.98. The summed E-state index contributed by atoms with van der Waals surface area (Å²) < 4.78 is 0. The van der Waals surface area contributed by atoms with Crippen molar-refractivity contribution in [3.8, 4) is 11.8 Å². The van der Waals surface area contributed by atoms with E-state index in [1.165, 1.54) is 29.5 Å². The predicted molar refractivity (Wildman–Crippen MR) is 85.1 cm³/mol. The zero-order valence-corrected chi connectivity index (χ0v) is 13.1. The van der Waals surface area contributed by atoms with Gasteiger partial charge in [0.2, 0.25) is 0 Å². The topological polar surface area (TPSA) is 86.0 Å². The van der Waals surface area contributed by atoms with Crippen molar-refractivity contribution in [1.82, 2.24) is 10.3 Å². The molecule has 1 aromatic carbocycles. The van der Waals surface area contributed by atoms with E-state index in [1.807, 2.05) is 19.9 Å². The molecule has 0 unspecified atom stereocenters. The number of nitrogens with one attached hydrogen (secondary N) is 1. The molecule has 2 rings (SSSR count). The van der Waals surface area contributed by atoms with Crippen LogP contribution in [-0.4, -0.2) is 16.0 Å². The minimum atomic E-state index is -0.462. The van der Waals surface area contributed by atoms with Crippen LogP contribution < -0.4 is 5.32 Å². The number of thiazole rings is 1. The van der Waals surface area contributed by atoms with Gasteiger partial charge in [-0.15, -0.1) is 11.3 Å². The van der Waals surface area contributed by atoms with E-state index in [1.54, 1.807) is 12.1 Å². The molecule has 1 aromatic heterocycles. The molecule has 0 aliphatic heterocycles. The van der Waals surface area contributed by atoms with Crippen molar-refractivity contribution >= 4 is 23.3 Å². The summed E-state index contributed by atoms with van der Waals surface area (Å²) in [6.07, 6.45) is 1.44. The van der Waals surface area contributed by atoms with E-state index in [0.29, 0.717) is 5.56 Å². The van der Waals surface area contributed by atoms with Crippen LogP contribution in [-0.2, 0) is 11.3 Å². The highest BCUT2D eigenvalue weighted by atomic mass is 32.1. The Labute approximate surface area is 132 Å². The molecule has 2 N–H and O–H groups in total. The molecule has 0 atom stereocenters. The number of nitriles is 1. The predicted octanol–water partition coefficient (Wildman–Crippen LogP) is 2.69. The summed E-state index contributed by atoms with van der Waals surface area (Å²) in [5.74, 6) is -0.378. The Hall–Kier alpha value is -2.65. The number of carbonyl (C=O) groups excluding carboxylic acids is 1. The van der Waals surface area contributed by atoms with Crippen LogP contribution in [0.15, 0.2) is 29.8 Å². The first kappa shape index (κ1) is 15.7. The zero-order valence-electron chi connectivity index (χ0n) is 12.3. The summed E-state index contributed by atoms with van der Waals surface area (Å²) in [7, 11) is 0. The minimum absolute atomic E-state index is 0.0180. The van der Waals surface area contributed by atoms with Crippen LogP contribution in [0.4, 0.5) is 0 Å². The van der Waals surface area contributed by atoms with E-state index in [0.717, 1.165) is 15.6 Å². The largest absolute Gasteiger partial charge is 0.508 e. The van der Waals surface area contributed by atoms with Crippen molar-refractivity contribution in [2.45, 2.75) is 20.4 Å². The fourth-order valence-corrected chi connectivity index (χ4v) is 2.67. The number of hydrogen-bond donors (Lipinski definition) is 2. The van der Waals surface area contributed by atoms with Crippen molar-refractivity contribution in [2.24, 2.45) is 0 Å². The third kappa shape index (κ3) is 3.93. The van der Waals surface area contributed by atoms with E-state index >= 15 is 0 Å². The number of carbonyl (C=O) groups is 1. The highest BCUT2D eigenvalue weighted by Crippen LogP contribution is 2.17. The average molecular weight is 313 g/mol. The zero-order chi connectivity index (χ0) is 16.1. The quantitative estimate of drug-likeness (QED) is 0.671. The smallest absolute Gasteiger partial charge is 0.262 e. The van der Waals surface area contributed by atoms with Gasteiger partial charge < -0.3 is 10.4 Å². The maximum atomic E-state index is 12.0. The molecule has 0 saturated heterocycles. The number of aryl methyl sites for hydroxylation is 2. The number of hydrogen-bond acceptors (Lipinski definition) is 5. The molecule has 5 nitrogen and oxygen atoms in total. The fourth-order valence-electron chi connectivity index (χ4n) is 1.80. The van der Waals surface area contributed by atoms with Gasteiger partial charge in [-0.2, -0.15) is 5.26 Å². The number of phenolic OH excluding ortho intramolecular Hbond substituents is 1. The molecule has 0 aliphatic rings. The molecule has 0 aliphatic carbocycles. The summed E-state index contributed by atoms with van der Waals surface area (Å²) >= 11 is 1.52. The van der Waals surface area contributed by atoms with Crippen molar-refractivity contribution in [3.05, 3.63) is 51.0 Å². The van der Waals surface area contributed by atoms with Crippen LogP contribution >= 0.6 is 11.3 Å². The highest BCUT2D eigenvalue weighted by molar-refractivity contribution is 7.11. The lowest BCUT2D eigenvalue weighted by molar-refractivity contribution is -0.117. The Bertz CT molecular complexity index is 752. The van der Waals surface area contributed by atoms with Gasteiger partial charge in [0.25, 0.3) is 5.91 Å². The number of aromatic nitrogens is 1. The molecule has 112 valence electrons. The highest BCUT2D eigenvalue weighted by Gasteiger charge is 2.10. The lowest BCUT2D eigenvalue weighted by atomic mass is 10.1. The molecular formula is C16H15N3O2S. The van der Waals surface area contributed by atoms with E-state index in [9.17, 15) is 9.90 Å². The number of benzene rings is 1. The molecule has 1 heterocycles. The summed E-state index contributed by atoms with van der Waals surface area (Å²) in [6.45, 7) is 4.18. The Kier molecular flexibility index (Phi) is 4.92. The number of nitrogens with zero attached hydrogens (tertiary/aromatic N) is 2. The van der Waals surface area contributed by atoms with Gasteiger partial charge in [0.15, 0.2) is 0 Å². The van der Waals surface area contributed by atoms with Crippen LogP contribution in [0.2, 0.25) is 0 Å². The van der Waals surface area contributed by atoms with Crippen LogP contribution in [0.3, 0.4) is 0 Å². The van der Waals surface area contributed by atoms with E-state index in [2.05, 4.69) is 10.3 Å². The minimum Gasteiger partial charge on any atom is -0.508 e. The van der Waals surface area contributed by atoms with Gasteiger partial charge in [-0.05, 0) is 37.6 Å². The number of rotatable bonds is 4. The van der Waals surface area contributed by atoms with Gasteiger partial charge in [0.1, 0.15) is 22.4 Å². The summed E-state index contributed by atoms with van der Waals surface area (Å²) in [4.78, 5) is 17.5. The first-order chi connectivity index (χ1) is 10.5. The third-order valence-electron chi connectivity index (χ3n) is 3.02. The molecule has 1 amide bonds. The molecule has 0 fully saturated rings. The van der Waals surface area contributed by atoms with Gasteiger partial charge in [0.05, 0.1) is 12.2 Å². The first-order valence-corrected chi connectivity index (χ1v) is 7.43. The second-order valence-electron chi connectivity index (χ2n) is 4.70. The number of aromatic hydroxyl groups is 1. The Morgan fingerprint density at radius 1 is 1.50 bits per heavy atom. The van der Waals surface area contributed by atoms with Crippen LogP contribution in [0.25, 0.3) is 6.08 Å². The van der Waals surface area contributed by atoms with Crippen molar-refractivity contribution in [1.29, 1.82) is 5.26 Å². The summed E-state index contributed by atoms with van der Waals surface area (Å²) in [5.41, 5.74) is 1.52. The third-order valence-corrected chi connectivity index (χ3v) is 4.09. The van der Waals surface area contributed by atoms with E-state index < -0.39 is 5.91 Å². The lowest BCUT2D eigenvalue weighted by Gasteiger charge is -2.02. The second kappa shape index (κ2) is 6.87. The maximum Gasteiger partial charge on any atom is 0.262 e. The summed E-state index contributed by atoms with van der Waals surface area (Å²) in [5, 5.41) is 22.0. The van der Waals surface area contributed by atoms with Gasteiger partial charge >= 0.3 is 0 Å². The first-order valence-electron chi connectivity index (χ1n) is 6.61. The maximum absolute atomic E-state index is 12.0. The number of amides is 1. The van der Waals surface area contributed by atoms with E-state index in [4.69, 9.17) is 5.26 Å². The molecule has 22 heavy (non-hydrogen) atoms. The van der Waals surface area contributed by atoms with Gasteiger partial charge in [-0.3, -0.25) is 4.79 Å². The average Bonchev–Trinajstić information content (AvgIpc) is 2.81. The molecule has 0 spiro atoms. The molecule has 0 bridgehead atoms. The molecule has 2 aromatic rings. The Morgan fingerprint density at radius 3 is 2.86 bits per heavy atom. The van der Waals surface area contributed by atoms with Crippen molar-refractivity contribution in [3.63, 3.8) is 0 Å². The van der Waals surface area contributed by atoms with Crippen LogP contribution in [0.1, 0.15) is 21.1 Å². The van der Waals surface area contributed by atoms with Crippen molar-refractivity contribution in [2.75, 3.05) is 0 Å². The molecular weight excluding hydrogens is 298 g/mol. The van der Waals surface area contributed by atoms with Gasteiger partial charge in [-0.1, -0.05) is 12.1 Å². The monoisotopic (exact) mass is 313 g/mol. The van der Waals surface area contributed by atoms with Crippen molar-refractivity contribution < 1.29 is 9.90 Å².